The predicted molar refractivity (Wildman–Crippen MR) is 138 cm³/mol. The van der Waals surface area contributed by atoms with Crippen LogP contribution in [0.15, 0.2) is 90.3 Å². The minimum atomic E-state index is -0.559. The summed E-state index contributed by atoms with van der Waals surface area (Å²) in [6.45, 7) is 0.687. The summed E-state index contributed by atoms with van der Waals surface area (Å²) in [7, 11) is 0. The molecule has 0 bridgehead atoms. The van der Waals surface area contributed by atoms with Crippen molar-refractivity contribution in [1.82, 2.24) is 9.88 Å². The number of hydrogen-bond acceptors (Lipinski definition) is 5. The highest BCUT2D eigenvalue weighted by Gasteiger charge is 2.35. The van der Waals surface area contributed by atoms with Crippen LogP contribution < -0.4 is 5.32 Å². The lowest BCUT2D eigenvalue weighted by Crippen LogP contribution is -2.43. The van der Waals surface area contributed by atoms with Crippen molar-refractivity contribution < 1.29 is 14.3 Å². The number of carbonyl (C=O) groups excluding carboxylic acids is 2. The molecule has 0 spiro atoms. The number of amides is 2. The number of rotatable bonds is 6. The van der Waals surface area contributed by atoms with Gasteiger partial charge in [0.1, 0.15) is 12.6 Å². The molecule has 7 heteroatoms. The summed E-state index contributed by atoms with van der Waals surface area (Å²) in [4.78, 5) is 31.7. The SMILES string of the molecule is O=C(Nc1nc(-c2ccc(-c3ccccc3)cc2)cs1)[C@@H]1CCCN1C(=O)OCc1ccccc1. The zero-order valence-electron chi connectivity index (χ0n) is 19.1. The quantitative estimate of drug-likeness (QED) is 0.354. The summed E-state index contributed by atoms with van der Waals surface area (Å²) in [6.07, 6.45) is 0.894. The van der Waals surface area contributed by atoms with Crippen LogP contribution in [0.1, 0.15) is 18.4 Å². The minimum Gasteiger partial charge on any atom is -0.445 e. The highest BCUT2D eigenvalue weighted by molar-refractivity contribution is 7.14. The van der Waals surface area contributed by atoms with Gasteiger partial charge in [0, 0.05) is 17.5 Å². The van der Waals surface area contributed by atoms with Crippen LogP contribution in [-0.4, -0.2) is 34.5 Å². The molecule has 1 aromatic heterocycles. The van der Waals surface area contributed by atoms with Crippen molar-refractivity contribution in [1.29, 1.82) is 0 Å². The van der Waals surface area contributed by atoms with Gasteiger partial charge in [-0.05, 0) is 29.5 Å². The van der Waals surface area contributed by atoms with Crippen molar-refractivity contribution in [2.24, 2.45) is 0 Å². The fourth-order valence-electron chi connectivity index (χ4n) is 4.18. The Morgan fingerprint density at radius 1 is 0.914 bits per heavy atom. The Hall–Kier alpha value is -3.97. The number of benzene rings is 3. The number of nitrogens with zero attached hydrogens (tertiary/aromatic N) is 2. The van der Waals surface area contributed by atoms with Crippen molar-refractivity contribution >= 4 is 28.5 Å². The van der Waals surface area contributed by atoms with E-state index in [0.717, 1.165) is 34.4 Å². The monoisotopic (exact) mass is 483 g/mol. The number of ether oxygens (including phenoxy) is 1. The topological polar surface area (TPSA) is 71.5 Å². The highest BCUT2D eigenvalue weighted by Crippen LogP contribution is 2.28. The number of carbonyl (C=O) groups is 2. The minimum absolute atomic E-state index is 0.184. The lowest BCUT2D eigenvalue weighted by atomic mass is 10.0. The average Bonchev–Trinajstić information content (AvgIpc) is 3.59. The second-order valence-electron chi connectivity index (χ2n) is 8.36. The van der Waals surface area contributed by atoms with Gasteiger partial charge in [0.15, 0.2) is 5.13 Å². The van der Waals surface area contributed by atoms with Gasteiger partial charge in [0.25, 0.3) is 0 Å². The maximum atomic E-state index is 13.0. The van der Waals surface area contributed by atoms with Gasteiger partial charge in [-0.25, -0.2) is 9.78 Å². The Balaban J connectivity index is 1.20. The number of likely N-dealkylation sites (tertiary alicyclic amines) is 1. The van der Waals surface area contributed by atoms with E-state index in [4.69, 9.17) is 4.74 Å². The van der Waals surface area contributed by atoms with E-state index in [2.05, 4.69) is 34.6 Å². The third-order valence-corrected chi connectivity index (χ3v) is 6.77. The Kier molecular flexibility index (Phi) is 6.86. The molecule has 1 fully saturated rings. The maximum absolute atomic E-state index is 13.0. The van der Waals surface area contributed by atoms with Crippen LogP contribution in [-0.2, 0) is 16.1 Å². The van der Waals surface area contributed by atoms with Crippen LogP contribution >= 0.6 is 11.3 Å². The third kappa shape index (κ3) is 5.41. The second kappa shape index (κ2) is 10.5. The molecule has 0 aliphatic carbocycles. The van der Waals surface area contributed by atoms with Gasteiger partial charge in [-0.15, -0.1) is 11.3 Å². The third-order valence-electron chi connectivity index (χ3n) is 6.02. The molecule has 4 aromatic rings. The lowest BCUT2D eigenvalue weighted by molar-refractivity contribution is -0.120. The predicted octanol–water partition coefficient (Wildman–Crippen LogP) is 6.22. The first-order valence-corrected chi connectivity index (χ1v) is 12.4. The molecule has 1 N–H and O–H groups in total. The Bertz CT molecular complexity index is 1290. The van der Waals surface area contributed by atoms with Gasteiger partial charge in [-0.1, -0.05) is 84.9 Å². The zero-order valence-corrected chi connectivity index (χ0v) is 19.9. The van der Waals surface area contributed by atoms with Crippen LogP contribution in [0.3, 0.4) is 0 Å². The molecule has 176 valence electrons. The molecule has 2 heterocycles. The summed E-state index contributed by atoms with van der Waals surface area (Å²) in [5.41, 5.74) is 4.99. The number of hydrogen-bond donors (Lipinski definition) is 1. The van der Waals surface area contributed by atoms with Crippen molar-refractivity contribution in [3.05, 3.63) is 95.9 Å². The molecule has 5 rings (SSSR count). The molecule has 2 amide bonds. The van der Waals surface area contributed by atoms with Gasteiger partial charge < -0.3 is 10.1 Å². The molecule has 1 aliphatic heterocycles. The van der Waals surface area contributed by atoms with Crippen LogP contribution in [0.4, 0.5) is 9.93 Å². The number of nitrogens with one attached hydrogen (secondary N) is 1. The van der Waals surface area contributed by atoms with Crippen LogP contribution in [0.5, 0.6) is 0 Å². The number of thiazole rings is 1. The number of anilines is 1. The van der Waals surface area contributed by atoms with E-state index in [1.165, 1.54) is 16.2 Å². The van der Waals surface area contributed by atoms with Gasteiger partial charge in [0.05, 0.1) is 5.69 Å². The Morgan fingerprint density at radius 3 is 2.31 bits per heavy atom. The Labute approximate surface area is 208 Å². The molecule has 1 atom stereocenters. The van der Waals surface area contributed by atoms with Crippen LogP contribution in [0.2, 0.25) is 0 Å². The largest absolute Gasteiger partial charge is 0.445 e. The summed E-state index contributed by atoms with van der Waals surface area (Å²) in [6, 6.07) is 27.4. The van der Waals surface area contributed by atoms with E-state index in [1.54, 1.807) is 0 Å². The van der Waals surface area contributed by atoms with Gasteiger partial charge in [-0.3, -0.25) is 9.69 Å². The van der Waals surface area contributed by atoms with E-state index in [1.807, 2.05) is 66.0 Å². The molecule has 1 saturated heterocycles. The van der Waals surface area contributed by atoms with E-state index in [0.29, 0.717) is 18.1 Å². The van der Waals surface area contributed by atoms with E-state index in [-0.39, 0.29) is 12.5 Å². The molecular weight excluding hydrogens is 458 g/mol. The van der Waals surface area contributed by atoms with Crippen molar-refractivity contribution in [2.45, 2.75) is 25.5 Å². The first-order valence-electron chi connectivity index (χ1n) is 11.6. The van der Waals surface area contributed by atoms with Crippen LogP contribution in [0.25, 0.3) is 22.4 Å². The fraction of sp³-hybridized carbons (Fsp3) is 0.179. The Morgan fingerprint density at radius 2 is 1.57 bits per heavy atom. The summed E-state index contributed by atoms with van der Waals surface area (Å²) >= 11 is 1.37. The molecule has 0 unspecified atom stereocenters. The first kappa shape index (κ1) is 22.8. The molecule has 0 radical (unpaired) electrons. The smallest absolute Gasteiger partial charge is 0.410 e. The van der Waals surface area contributed by atoms with Crippen LogP contribution in [0, 0.1) is 0 Å². The summed E-state index contributed by atoms with van der Waals surface area (Å²) in [5.74, 6) is -0.237. The van der Waals surface area contributed by atoms with Crippen molar-refractivity contribution in [3.63, 3.8) is 0 Å². The molecule has 35 heavy (non-hydrogen) atoms. The van der Waals surface area contributed by atoms with Gasteiger partial charge in [0.2, 0.25) is 5.91 Å². The van der Waals surface area contributed by atoms with E-state index >= 15 is 0 Å². The second-order valence-corrected chi connectivity index (χ2v) is 9.22. The highest BCUT2D eigenvalue weighted by atomic mass is 32.1. The average molecular weight is 484 g/mol. The zero-order chi connectivity index (χ0) is 24.0. The standard InChI is InChI=1S/C28H25N3O3S/c32-26(25-12-7-17-31(25)28(33)34-18-20-8-3-1-4-9-20)30-27-29-24(19-35-27)23-15-13-22(14-16-23)21-10-5-2-6-11-21/h1-6,8-11,13-16,19,25H,7,12,17-18H2,(H,29,30,32)/t25-/m0/s1. The molecule has 1 aliphatic rings. The van der Waals surface area contributed by atoms with E-state index < -0.39 is 12.1 Å². The lowest BCUT2D eigenvalue weighted by Gasteiger charge is -2.22. The normalized spacial score (nSPS) is 15.1. The maximum Gasteiger partial charge on any atom is 0.410 e. The summed E-state index contributed by atoms with van der Waals surface area (Å²) in [5, 5.41) is 5.33. The van der Waals surface area contributed by atoms with E-state index in [9.17, 15) is 9.59 Å². The van der Waals surface area contributed by atoms with Gasteiger partial charge >= 0.3 is 6.09 Å². The summed E-state index contributed by atoms with van der Waals surface area (Å²) < 4.78 is 5.44. The molecule has 6 nitrogen and oxygen atoms in total. The first-order chi connectivity index (χ1) is 17.2. The van der Waals surface area contributed by atoms with Gasteiger partial charge in [-0.2, -0.15) is 0 Å². The number of aromatic nitrogens is 1. The molecule has 3 aromatic carbocycles. The fourth-order valence-corrected chi connectivity index (χ4v) is 4.90. The molecule has 0 saturated carbocycles. The van der Waals surface area contributed by atoms with Crippen molar-refractivity contribution in [3.8, 4) is 22.4 Å². The molecular formula is C28H25N3O3S. The van der Waals surface area contributed by atoms with Crippen molar-refractivity contribution in [2.75, 3.05) is 11.9 Å².